The third-order valence-electron chi connectivity index (χ3n) is 15.7. The number of unbranched alkanes of at least 4 members (excludes halogenated alkanes) is 1. The number of ether oxygens (including phenoxy) is 5. The Kier molecular flexibility index (Phi) is 18.7. The van der Waals surface area contributed by atoms with Crippen molar-refractivity contribution >= 4 is 38.3 Å². The van der Waals surface area contributed by atoms with E-state index < -0.39 is 0 Å². The predicted octanol–water partition coefficient (Wildman–Crippen LogP) is 19.0. The molecule has 4 aliphatic rings. The molecule has 0 saturated heterocycles. The SMILES string of the molecule is COC(=O)c1cc(OCCCCOc2cc(C(C)(C)C)cc(C(C)(C)C)c2)cc(-c2ccc3ccc4cccc5ccc2c3c45)c1.c1cc2nc(c1)-c1cccc(n1)-c1ccc(cc1)OCCCCCCCCOc1ccc(cc1)CCC2. The Morgan fingerprint density at radius 3 is 1.66 bits per heavy atom. The quantitative estimate of drug-likeness (QED) is 0.0802. The van der Waals surface area contributed by atoms with Crippen LogP contribution < -0.4 is 18.9 Å². The highest BCUT2D eigenvalue weighted by atomic mass is 16.5. The summed E-state index contributed by atoms with van der Waals surface area (Å²) in [6.07, 6.45) is 11.8. The molecule has 8 nitrogen and oxygen atoms in total. The Hall–Kier alpha value is -8.23. The number of carbonyl (C=O) groups is 1. The average molecular weight is 1110 g/mol. The van der Waals surface area contributed by atoms with Gasteiger partial charge in [0.1, 0.15) is 23.0 Å². The van der Waals surface area contributed by atoms with Gasteiger partial charge in [-0.05, 0) is 207 Å². The van der Waals surface area contributed by atoms with E-state index in [0.717, 1.165) is 120 Å². The minimum Gasteiger partial charge on any atom is -0.494 e. The maximum absolute atomic E-state index is 12.7. The number of hydrogen-bond acceptors (Lipinski definition) is 8. The second-order valence-corrected chi connectivity index (χ2v) is 24.1. The molecule has 0 radical (unpaired) electrons. The van der Waals surface area contributed by atoms with E-state index in [4.69, 9.17) is 33.7 Å². The highest BCUT2D eigenvalue weighted by Crippen LogP contribution is 2.41. The van der Waals surface area contributed by atoms with Gasteiger partial charge in [0.15, 0.2) is 0 Å². The summed E-state index contributed by atoms with van der Waals surface area (Å²) in [5, 5.41) is 7.30. The van der Waals surface area contributed by atoms with E-state index in [9.17, 15) is 4.79 Å². The van der Waals surface area contributed by atoms with Gasteiger partial charge in [-0.3, -0.25) is 4.98 Å². The Morgan fingerprint density at radius 2 is 1.02 bits per heavy atom. The summed E-state index contributed by atoms with van der Waals surface area (Å²) < 4.78 is 29.5. The molecule has 0 fully saturated rings. The van der Waals surface area contributed by atoms with E-state index in [0.29, 0.717) is 24.5 Å². The molecule has 10 aromatic rings. The molecule has 0 saturated carbocycles. The van der Waals surface area contributed by atoms with E-state index in [1.54, 1.807) is 6.07 Å². The van der Waals surface area contributed by atoms with Crippen molar-refractivity contribution in [2.45, 2.75) is 123 Å². The van der Waals surface area contributed by atoms with Crippen LogP contribution in [0.15, 0.2) is 176 Å². The number of aryl methyl sites for hydroxylation is 2. The van der Waals surface area contributed by atoms with Crippen LogP contribution >= 0.6 is 0 Å². The van der Waals surface area contributed by atoms with Crippen LogP contribution in [-0.4, -0.2) is 49.5 Å². The van der Waals surface area contributed by atoms with Crippen LogP contribution in [0.25, 0.3) is 66.1 Å². The Balaban J connectivity index is 0.000000190. The van der Waals surface area contributed by atoms with Crippen molar-refractivity contribution < 1.29 is 28.5 Å². The van der Waals surface area contributed by atoms with Crippen LogP contribution in [0.5, 0.6) is 23.0 Å². The topological polar surface area (TPSA) is 89.0 Å². The van der Waals surface area contributed by atoms with Gasteiger partial charge >= 0.3 is 5.97 Å². The molecule has 8 heteroatoms. The largest absolute Gasteiger partial charge is 0.494 e. The van der Waals surface area contributed by atoms with Crippen molar-refractivity contribution in [2.24, 2.45) is 0 Å². The molecule has 2 aromatic heterocycles. The van der Waals surface area contributed by atoms with Crippen LogP contribution in [-0.2, 0) is 28.4 Å². The van der Waals surface area contributed by atoms with Gasteiger partial charge < -0.3 is 23.7 Å². The summed E-state index contributed by atoms with van der Waals surface area (Å²) in [5.41, 5.74) is 11.4. The van der Waals surface area contributed by atoms with Gasteiger partial charge in [-0.15, -0.1) is 0 Å². The fraction of sp³-hybridized carbons (Fsp3) is 0.320. The standard InChI is InChI=1S/C42H44O4.C33H36N2O2/c1-41(2,3)32-24-33(42(4,5)6)26-35(25-32)46-20-9-8-19-45-34-22-30(21-31(23-34)40(43)44-7)36-17-15-29-14-13-27-11-10-12-28-16-18-37(36)39(29)38(27)28;1-2-4-6-25-37-30-22-18-27(19-23-30)31-13-9-15-33(35-31)32-14-8-12-28(34-32)11-7-10-26-16-20-29(21-17-26)36-24-5-3-1/h10-18,21-26H,8-9,19-20H2,1-7H3;8-9,12-23H,1-7,10-11,24-25H2. The van der Waals surface area contributed by atoms with Crippen LogP contribution in [0.1, 0.15) is 132 Å². The summed E-state index contributed by atoms with van der Waals surface area (Å²) in [4.78, 5) is 22.6. The van der Waals surface area contributed by atoms with Gasteiger partial charge in [0, 0.05) is 11.3 Å². The Morgan fingerprint density at radius 1 is 0.482 bits per heavy atom. The smallest absolute Gasteiger partial charge is 0.338 e. The van der Waals surface area contributed by atoms with Crippen LogP contribution in [0, 0.1) is 0 Å². The van der Waals surface area contributed by atoms with Crippen LogP contribution in [0.3, 0.4) is 0 Å². The monoisotopic (exact) mass is 1100 g/mol. The number of nitrogens with zero attached hydrogens (tertiary/aromatic N) is 2. The highest BCUT2D eigenvalue weighted by Gasteiger charge is 2.22. The van der Waals surface area contributed by atoms with Crippen LogP contribution in [0.2, 0.25) is 0 Å². The summed E-state index contributed by atoms with van der Waals surface area (Å²) in [7, 11) is 1.41. The lowest BCUT2D eigenvalue weighted by molar-refractivity contribution is 0.0600. The number of benzene rings is 8. The normalized spacial score (nSPS) is 13.6. The number of pyridine rings is 2. The van der Waals surface area contributed by atoms with Gasteiger partial charge in [0.2, 0.25) is 0 Å². The first-order valence-electron chi connectivity index (χ1n) is 30.0. The van der Waals surface area contributed by atoms with E-state index in [2.05, 4.69) is 175 Å². The number of methoxy groups -OCH3 is 1. The fourth-order valence-corrected chi connectivity index (χ4v) is 10.9. The molecule has 0 N–H and O–H groups in total. The van der Waals surface area contributed by atoms with Crippen molar-refractivity contribution in [1.82, 2.24) is 9.97 Å². The van der Waals surface area contributed by atoms with E-state index >= 15 is 0 Å². The van der Waals surface area contributed by atoms with Crippen molar-refractivity contribution in [3.05, 3.63) is 204 Å². The fourth-order valence-electron chi connectivity index (χ4n) is 10.9. The van der Waals surface area contributed by atoms with E-state index in [-0.39, 0.29) is 16.8 Å². The number of rotatable bonds is 9. The third-order valence-corrected chi connectivity index (χ3v) is 15.7. The number of esters is 1. The average Bonchev–Trinajstić information content (AvgIpc) is 3.54. The first kappa shape index (κ1) is 58.0. The maximum Gasteiger partial charge on any atom is 0.338 e. The lowest BCUT2D eigenvalue weighted by Crippen LogP contribution is -2.16. The Bertz CT molecular complexity index is 3710. The number of aromatic nitrogens is 2. The van der Waals surface area contributed by atoms with Crippen molar-refractivity contribution in [2.75, 3.05) is 33.5 Å². The van der Waals surface area contributed by atoms with Gasteiger partial charge in [-0.2, -0.15) is 0 Å². The van der Waals surface area contributed by atoms with E-state index in [1.807, 2.05) is 36.4 Å². The molecule has 8 aromatic carbocycles. The summed E-state index contributed by atoms with van der Waals surface area (Å²) in [5.74, 6) is 3.07. The first-order valence-corrected chi connectivity index (χ1v) is 30.0. The van der Waals surface area contributed by atoms with Gasteiger partial charge in [-0.1, -0.05) is 152 Å². The minimum absolute atomic E-state index is 0.0440. The molecular weight excluding hydrogens is 1020 g/mol. The molecule has 0 amide bonds. The van der Waals surface area contributed by atoms with Crippen LogP contribution in [0.4, 0.5) is 0 Å². The van der Waals surface area contributed by atoms with Crippen molar-refractivity contribution in [3.63, 3.8) is 0 Å². The number of carbonyl (C=O) groups excluding carboxylic acids is 1. The maximum atomic E-state index is 12.7. The molecule has 4 aliphatic heterocycles. The van der Waals surface area contributed by atoms with Gasteiger partial charge in [0.25, 0.3) is 0 Å². The van der Waals surface area contributed by atoms with Crippen molar-refractivity contribution in [3.8, 4) is 56.8 Å². The third kappa shape index (κ3) is 15.1. The number of hydrogen-bond donors (Lipinski definition) is 0. The molecule has 0 spiro atoms. The summed E-state index contributed by atoms with van der Waals surface area (Å²) >= 11 is 0. The molecule has 426 valence electrons. The zero-order chi connectivity index (χ0) is 57.8. The molecule has 8 bridgehead atoms. The molecule has 6 heterocycles. The second kappa shape index (κ2) is 26.8. The summed E-state index contributed by atoms with van der Waals surface area (Å²) in [6.45, 7) is 16.1. The molecular formula is C75H80N2O6. The highest BCUT2D eigenvalue weighted by molar-refractivity contribution is 6.25. The molecule has 0 unspecified atom stereocenters. The molecule has 0 aliphatic carbocycles. The zero-order valence-corrected chi connectivity index (χ0v) is 49.7. The predicted molar refractivity (Wildman–Crippen MR) is 341 cm³/mol. The van der Waals surface area contributed by atoms with E-state index in [1.165, 1.54) is 76.4 Å². The minimum atomic E-state index is -0.384. The first-order chi connectivity index (χ1) is 40.2. The molecule has 0 atom stereocenters. The molecule has 14 rings (SSSR count). The van der Waals surface area contributed by atoms with Gasteiger partial charge in [-0.25, -0.2) is 9.78 Å². The summed E-state index contributed by atoms with van der Waals surface area (Å²) in [6, 6.07) is 61.0. The van der Waals surface area contributed by atoms with Gasteiger partial charge in [0.05, 0.1) is 56.2 Å². The Labute approximate surface area is 491 Å². The zero-order valence-electron chi connectivity index (χ0n) is 49.7. The second-order valence-electron chi connectivity index (χ2n) is 24.1. The lowest BCUT2D eigenvalue weighted by Gasteiger charge is -2.26. The molecule has 83 heavy (non-hydrogen) atoms. The van der Waals surface area contributed by atoms with Crippen molar-refractivity contribution in [1.29, 1.82) is 0 Å². The lowest BCUT2D eigenvalue weighted by atomic mass is 9.80.